The minimum Gasteiger partial charge on any atom is -0.444 e. The monoisotopic (exact) mass is 967 g/mol. The van der Waals surface area contributed by atoms with Crippen molar-refractivity contribution in [2.45, 2.75) is 78.0 Å². The SMILES string of the molecule is CC(C)(C)OC(=O)Nc1cc(CN2CCC(C(=O)N3CC=C(c4c[nH]c5ccccc45)CC3)CC2)ccn1.Cl.Nc1cc(CN2CCC(C(=O)N3CC=C(c4c[nH]c5ccccc45)CC3)CC2)ccn1. The largest absolute Gasteiger partial charge is 0.444 e. The molecule has 0 atom stereocenters. The number of nitrogens with two attached hydrogens (primary N) is 1. The molecule has 4 aliphatic rings. The van der Waals surface area contributed by atoms with Crippen LogP contribution in [0.1, 0.15) is 81.5 Å². The highest BCUT2D eigenvalue weighted by Gasteiger charge is 2.31. The zero-order valence-electron chi connectivity index (χ0n) is 40.7. The standard InChI is InChI=1S/C30H37N5O3.C25H29N5O.ClH/c1-30(2,3)38-29(37)33-27-18-21(8-13-31-27)20-34-14-9-23(10-15-34)28(36)35-16-11-22(12-17-35)25-19-32-26-7-5-4-6-24(25)26;26-24-15-18(5-10-27-24)17-29-11-6-20(7-12-29)25(31)30-13-8-19(9-14-30)22-16-28-23-4-2-1-3-21(22)23;/h4-8,11,13,18-19,23,32H,9-10,12,14-17,20H2,1-3H3,(H,31,33,37);1-5,8,10,15-16,20,28H,6-7,9,11-14,17H2,(H2,26,27);1H. The molecule has 2 fully saturated rings. The molecular weight excluding hydrogens is 900 g/mol. The highest BCUT2D eigenvalue weighted by Crippen LogP contribution is 2.32. The maximum Gasteiger partial charge on any atom is 0.413 e. The van der Waals surface area contributed by atoms with Crippen molar-refractivity contribution in [1.82, 2.24) is 39.5 Å². The summed E-state index contributed by atoms with van der Waals surface area (Å²) in [5.74, 6) is 1.87. The first-order valence-electron chi connectivity index (χ1n) is 24.6. The summed E-state index contributed by atoms with van der Waals surface area (Å²) < 4.78 is 5.32. The molecule has 10 rings (SSSR count). The van der Waals surface area contributed by atoms with Crippen molar-refractivity contribution < 1.29 is 19.1 Å². The number of hydrogen-bond donors (Lipinski definition) is 4. The Kier molecular flexibility index (Phi) is 16.1. The van der Waals surface area contributed by atoms with Crippen LogP contribution in [-0.4, -0.2) is 115 Å². The molecule has 5 N–H and O–H groups in total. The predicted molar refractivity (Wildman–Crippen MR) is 281 cm³/mol. The summed E-state index contributed by atoms with van der Waals surface area (Å²) in [7, 11) is 0. The van der Waals surface area contributed by atoms with Gasteiger partial charge < -0.3 is 30.2 Å². The Morgan fingerprint density at radius 3 is 1.60 bits per heavy atom. The van der Waals surface area contributed by atoms with E-state index >= 15 is 0 Å². The van der Waals surface area contributed by atoms with E-state index in [4.69, 9.17) is 10.5 Å². The highest BCUT2D eigenvalue weighted by atomic mass is 35.5. The number of carbonyl (C=O) groups excluding carboxylic acids is 3. The molecule has 0 unspecified atom stereocenters. The molecule has 0 spiro atoms. The number of ether oxygens (including phenoxy) is 1. The van der Waals surface area contributed by atoms with Gasteiger partial charge in [0, 0.05) is 109 Å². The zero-order chi connectivity index (χ0) is 47.9. The number of likely N-dealkylation sites (tertiary alicyclic amines) is 2. The number of halogens is 1. The summed E-state index contributed by atoms with van der Waals surface area (Å²) in [6.45, 7) is 13.7. The third-order valence-electron chi connectivity index (χ3n) is 13.9. The van der Waals surface area contributed by atoms with Crippen molar-refractivity contribution in [2.24, 2.45) is 11.8 Å². The van der Waals surface area contributed by atoms with Gasteiger partial charge in [-0.3, -0.25) is 24.7 Å². The Balaban J connectivity index is 0.000000189. The fourth-order valence-corrected chi connectivity index (χ4v) is 10.3. The molecule has 368 valence electrons. The molecule has 0 bridgehead atoms. The second kappa shape index (κ2) is 22.5. The minimum absolute atomic E-state index is 0. The van der Waals surface area contributed by atoms with Crippen LogP contribution in [0.4, 0.5) is 16.4 Å². The van der Waals surface area contributed by atoms with E-state index in [-0.39, 0.29) is 30.2 Å². The van der Waals surface area contributed by atoms with Gasteiger partial charge in [-0.05, 0) is 144 Å². The van der Waals surface area contributed by atoms with Crippen LogP contribution in [0.2, 0.25) is 0 Å². The lowest BCUT2D eigenvalue weighted by Gasteiger charge is -2.35. The number of nitrogens with one attached hydrogen (secondary N) is 3. The van der Waals surface area contributed by atoms with Crippen LogP contribution in [-0.2, 0) is 27.4 Å². The quantitative estimate of drug-likeness (QED) is 0.110. The number of aromatic nitrogens is 4. The normalized spacial score (nSPS) is 17.5. The Hall–Kier alpha value is -6.48. The number of fused-ring (bicyclic) bond motifs is 2. The number of aromatic amines is 2. The van der Waals surface area contributed by atoms with Crippen molar-refractivity contribution in [3.63, 3.8) is 0 Å². The van der Waals surface area contributed by atoms with Gasteiger partial charge in [0.1, 0.15) is 17.2 Å². The average molecular weight is 968 g/mol. The fourth-order valence-electron chi connectivity index (χ4n) is 10.3. The molecular formula is C55H67ClN10O4. The lowest BCUT2D eigenvalue weighted by Crippen LogP contribution is -2.43. The lowest BCUT2D eigenvalue weighted by atomic mass is 9.93. The van der Waals surface area contributed by atoms with E-state index in [2.05, 4.69) is 102 Å². The first kappa shape index (κ1) is 49.9. The van der Waals surface area contributed by atoms with Gasteiger partial charge in [0.25, 0.3) is 0 Å². The van der Waals surface area contributed by atoms with Gasteiger partial charge in [0.05, 0.1) is 0 Å². The minimum atomic E-state index is -0.562. The summed E-state index contributed by atoms with van der Waals surface area (Å²) in [5.41, 5.74) is 15.0. The van der Waals surface area contributed by atoms with Crippen molar-refractivity contribution in [1.29, 1.82) is 0 Å². The van der Waals surface area contributed by atoms with Crippen LogP contribution in [0, 0.1) is 11.8 Å². The zero-order valence-corrected chi connectivity index (χ0v) is 41.5. The van der Waals surface area contributed by atoms with E-state index in [0.717, 1.165) is 107 Å². The van der Waals surface area contributed by atoms with Crippen LogP contribution in [0.25, 0.3) is 33.0 Å². The molecule has 6 aromatic rings. The van der Waals surface area contributed by atoms with E-state index in [0.29, 0.717) is 30.6 Å². The van der Waals surface area contributed by atoms with Crippen LogP contribution in [0.5, 0.6) is 0 Å². The van der Waals surface area contributed by atoms with Gasteiger partial charge in [0.2, 0.25) is 11.8 Å². The number of amides is 3. The molecule has 2 saturated heterocycles. The van der Waals surface area contributed by atoms with Crippen LogP contribution in [0.15, 0.2) is 110 Å². The van der Waals surface area contributed by atoms with Crippen LogP contribution < -0.4 is 11.1 Å². The summed E-state index contributed by atoms with van der Waals surface area (Å²) in [4.78, 5) is 62.3. The molecule has 0 aliphatic carbocycles. The third-order valence-corrected chi connectivity index (χ3v) is 13.9. The lowest BCUT2D eigenvalue weighted by molar-refractivity contribution is -0.137. The van der Waals surface area contributed by atoms with Gasteiger partial charge >= 0.3 is 6.09 Å². The molecule has 3 amide bonds. The van der Waals surface area contributed by atoms with Crippen molar-refractivity contribution in [3.8, 4) is 0 Å². The van der Waals surface area contributed by atoms with E-state index in [9.17, 15) is 14.4 Å². The molecule has 0 radical (unpaired) electrons. The molecule has 15 heteroatoms. The number of hydrogen-bond acceptors (Lipinski definition) is 9. The topological polar surface area (TPSA) is 169 Å². The fraction of sp³-hybridized carbons (Fsp3) is 0.400. The number of para-hydroxylation sites is 2. The Bertz CT molecular complexity index is 2830. The third kappa shape index (κ3) is 12.5. The van der Waals surface area contributed by atoms with Crippen molar-refractivity contribution in [2.75, 3.05) is 63.4 Å². The number of nitrogen functional groups attached to an aromatic ring is 1. The van der Waals surface area contributed by atoms with E-state index in [1.165, 1.54) is 38.6 Å². The second-order valence-corrected chi connectivity index (χ2v) is 19.9. The first-order chi connectivity index (χ1) is 33.4. The Morgan fingerprint density at radius 1 is 0.671 bits per heavy atom. The summed E-state index contributed by atoms with van der Waals surface area (Å²) in [5, 5.41) is 5.21. The highest BCUT2D eigenvalue weighted by molar-refractivity contribution is 5.94. The predicted octanol–water partition coefficient (Wildman–Crippen LogP) is 9.53. The van der Waals surface area contributed by atoms with Gasteiger partial charge in [0.15, 0.2) is 0 Å². The summed E-state index contributed by atoms with van der Waals surface area (Å²) >= 11 is 0. The molecule has 70 heavy (non-hydrogen) atoms. The van der Waals surface area contributed by atoms with Crippen molar-refractivity contribution >= 4 is 74.9 Å². The molecule has 14 nitrogen and oxygen atoms in total. The maximum atomic E-state index is 13.3. The molecule has 4 aliphatic heterocycles. The number of rotatable bonds is 9. The summed E-state index contributed by atoms with van der Waals surface area (Å²) in [6, 6.07) is 24.5. The Morgan fingerprint density at radius 2 is 1.14 bits per heavy atom. The van der Waals surface area contributed by atoms with Crippen molar-refractivity contribution in [3.05, 3.63) is 132 Å². The molecule has 0 saturated carbocycles. The molecule has 8 heterocycles. The number of piperidine rings is 2. The number of H-pyrrole nitrogens is 2. The van der Waals surface area contributed by atoms with E-state index in [1.807, 2.05) is 60.9 Å². The first-order valence-corrected chi connectivity index (χ1v) is 24.6. The van der Waals surface area contributed by atoms with Gasteiger partial charge in [-0.2, -0.15) is 0 Å². The maximum absolute atomic E-state index is 13.3. The molecule has 4 aromatic heterocycles. The average Bonchev–Trinajstić information content (AvgIpc) is 3.99. The number of benzene rings is 2. The van der Waals surface area contributed by atoms with E-state index in [1.54, 1.807) is 12.4 Å². The number of nitrogens with zero attached hydrogens (tertiary/aromatic N) is 6. The second-order valence-electron chi connectivity index (χ2n) is 19.9. The van der Waals surface area contributed by atoms with Gasteiger partial charge in [-0.1, -0.05) is 48.6 Å². The smallest absolute Gasteiger partial charge is 0.413 e. The van der Waals surface area contributed by atoms with Crippen LogP contribution >= 0.6 is 12.4 Å². The number of anilines is 2. The van der Waals surface area contributed by atoms with Crippen LogP contribution in [0.3, 0.4) is 0 Å². The Labute approximate surface area is 417 Å². The molecule has 2 aromatic carbocycles. The number of carbonyl (C=O) groups is 3. The van der Waals surface area contributed by atoms with Gasteiger partial charge in [-0.25, -0.2) is 14.8 Å². The number of pyridine rings is 2. The van der Waals surface area contributed by atoms with E-state index < -0.39 is 11.7 Å². The summed E-state index contributed by atoms with van der Waals surface area (Å²) in [6.07, 6.45) is 17.0. The van der Waals surface area contributed by atoms with Gasteiger partial charge in [-0.15, -0.1) is 12.4 Å².